The van der Waals surface area contributed by atoms with Gasteiger partial charge in [-0.05, 0) is 19.3 Å². The van der Waals surface area contributed by atoms with Gasteiger partial charge in [0.1, 0.15) is 12.4 Å². The molecule has 0 spiro atoms. The van der Waals surface area contributed by atoms with Crippen molar-refractivity contribution in [3.05, 3.63) is 12.2 Å². The minimum absolute atomic E-state index is 0.0319. The molecule has 0 fully saturated rings. The molecule has 0 saturated carbocycles. The van der Waals surface area contributed by atoms with Crippen LogP contribution in [-0.4, -0.2) is 42.4 Å². The molecule has 94 valence electrons. The van der Waals surface area contributed by atoms with Gasteiger partial charge in [-0.1, -0.05) is 0 Å². The zero-order chi connectivity index (χ0) is 12.8. The lowest BCUT2D eigenvalue weighted by molar-refractivity contribution is -0.154. The Morgan fingerprint density at radius 2 is 1.94 bits per heavy atom. The number of carbonyl (C=O) groups is 2. The van der Waals surface area contributed by atoms with E-state index in [1.54, 1.807) is 0 Å². The second-order valence-corrected chi connectivity index (χ2v) is 3.55. The quantitative estimate of drug-likeness (QED) is 0.486. The molecular weight excluding hydrogens is 230 g/mol. The summed E-state index contributed by atoms with van der Waals surface area (Å²) in [5, 5.41) is 32.8. The molecule has 1 heterocycles. The van der Waals surface area contributed by atoms with Gasteiger partial charge in [0.25, 0.3) is 0 Å². The first-order valence-corrected chi connectivity index (χ1v) is 5.01. The molecular formula is C9H13N3O5. The molecule has 0 aliphatic carbocycles. The van der Waals surface area contributed by atoms with E-state index >= 15 is 0 Å². The molecule has 0 amide bonds. The van der Waals surface area contributed by atoms with E-state index in [1.807, 2.05) is 0 Å². The third kappa shape index (κ3) is 3.83. The number of hydrogen-bond acceptors (Lipinski definition) is 5. The lowest BCUT2D eigenvalue weighted by Gasteiger charge is -2.09. The van der Waals surface area contributed by atoms with Gasteiger partial charge in [-0.3, -0.25) is 14.7 Å². The Bertz CT molecular complexity index is 364. The van der Waals surface area contributed by atoms with Crippen molar-refractivity contribution in [1.82, 2.24) is 15.2 Å². The molecule has 1 rings (SSSR count). The maximum atomic E-state index is 10.6. The van der Waals surface area contributed by atoms with Crippen molar-refractivity contribution >= 4 is 11.9 Å². The summed E-state index contributed by atoms with van der Waals surface area (Å²) in [5.74, 6) is -3.89. The van der Waals surface area contributed by atoms with Gasteiger partial charge < -0.3 is 15.3 Å². The van der Waals surface area contributed by atoms with Crippen molar-refractivity contribution in [3.63, 3.8) is 0 Å². The van der Waals surface area contributed by atoms with Gasteiger partial charge >= 0.3 is 11.9 Å². The summed E-state index contributed by atoms with van der Waals surface area (Å²) in [7, 11) is 0. The predicted octanol–water partition coefficient (Wildman–Crippen LogP) is -0.206. The summed E-state index contributed by atoms with van der Waals surface area (Å²) >= 11 is 0. The number of carboxylic acids is 2. The highest BCUT2D eigenvalue weighted by molar-refractivity contribution is 5.92. The molecule has 0 aliphatic rings. The average Bonchev–Trinajstić information content (AvgIpc) is 2.76. The molecule has 4 N–H and O–H groups in total. The number of nitrogens with one attached hydrogen (secondary N) is 1. The maximum Gasteiger partial charge on any atom is 0.317 e. The van der Waals surface area contributed by atoms with Crippen molar-refractivity contribution in [3.8, 4) is 0 Å². The predicted molar refractivity (Wildman–Crippen MR) is 54.0 cm³/mol. The van der Waals surface area contributed by atoms with Gasteiger partial charge in [0, 0.05) is 0 Å². The molecule has 1 unspecified atom stereocenters. The van der Waals surface area contributed by atoms with Crippen LogP contribution < -0.4 is 0 Å². The van der Waals surface area contributed by atoms with Gasteiger partial charge in [-0.15, -0.1) is 0 Å². The summed E-state index contributed by atoms with van der Waals surface area (Å²) < 4.78 is 0. The summed E-state index contributed by atoms with van der Waals surface area (Å²) in [5.41, 5.74) is 0. The zero-order valence-corrected chi connectivity index (χ0v) is 8.91. The first-order chi connectivity index (χ1) is 8.02. The first-order valence-electron chi connectivity index (χ1n) is 5.01. The fourth-order valence-corrected chi connectivity index (χ4v) is 1.38. The van der Waals surface area contributed by atoms with Crippen LogP contribution in [-0.2, 0) is 9.59 Å². The van der Waals surface area contributed by atoms with E-state index in [4.69, 9.17) is 10.2 Å². The number of aliphatic hydroxyl groups excluding tert-OH is 1. The molecule has 0 radical (unpaired) electrons. The van der Waals surface area contributed by atoms with Crippen LogP contribution in [0.3, 0.4) is 0 Å². The van der Waals surface area contributed by atoms with E-state index in [9.17, 15) is 14.7 Å². The number of nitrogens with zero attached hydrogens (tertiary/aromatic N) is 2. The Morgan fingerprint density at radius 1 is 1.29 bits per heavy atom. The van der Waals surface area contributed by atoms with Gasteiger partial charge in [-0.2, -0.15) is 5.10 Å². The SMILES string of the molecule is O=C(O)C(CCCC(O)c1ncn[nH]1)C(=O)O. The number of hydrogen-bond donors (Lipinski definition) is 4. The largest absolute Gasteiger partial charge is 0.481 e. The molecule has 0 bridgehead atoms. The lowest BCUT2D eigenvalue weighted by atomic mass is 10.0. The van der Waals surface area contributed by atoms with Gasteiger partial charge in [-0.25, -0.2) is 4.98 Å². The van der Waals surface area contributed by atoms with Gasteiger partial charge in [0.15, 0.2) is 11.7 Å². The summed E-state index contributed by atoms with van der Waals surface area (Å²) in [6.45, 7) is 0. The highest BCUT2D eigenvalue weighted by atomic mass is 16.4. The number of carboxylic acid groups (broad SMARTS) is 2. The number of rotatable bonds is 7. The van der Waals surface area contributed by atoms with Crippen LogP contribution in [0.4, 0.5) is 0 Å². The van der Waals surface area contributed by atoms with E-state index in [0.29, 0.717) is 0 Å². The van der Waals surface area contributed by atoms with E-state index in [1.165, 1.54) is 6.33 Å². The summed E-state index contributed by atoms with van der Waals surface area (Å²) in [6.07, 6.45) is 0.823. The normalized spacial score (nSPS) is 12.6. The van der Waals surface area contributed by atoms with Crippen LogP contribution in [0.15, 0.2) is 6.33 Å². The van der Waals surface area contributed by atoms with Crippen molar-refractivity contribution in [2.24, 2.45) is 5.92 Å². The van der Waals surface area contributed by atoms with Gasteiger partial charge in [0.05, 0.1) is 0 Å². The third-order valence-electron chi connectivity index (χ3n) is 2.32. The van der Waals surface area contributed by atoms with Crippen molar-refractivity contribution in [2.45, 2.75) is 25.4 Å². The fourth-order valence-electron chi connectivity index (χ4n) is 1.38. The van der Waals surface area contributed by atoms with Crippen molar-refractivity contribution < 1.29 is 24.9 Å². The van der Waals surface area contributed by atoms with Crippen LogP contribution in [0.5, 0.6) is 0 Å². The minimum atomic E-state index is -1.43. The highest BCUT2D eigenvalue weighted by Crippen LogP contribution is 2.17. The van der Waals surface area contributed by atoms with Crippen LogP contribution >= 0.6 is 0 Å². The molecule has 0 saturated heterocycles. The number of aromatic amines is 1. The molecule has 17 heavy (non-hydrogen) atoms. The summed E-state index contributed by atoms with van der Waals surface area (Å²) in [4.78, 5) is 24.9. The monoisotopic (exact) mass is 243 g/mol. The molecule has 8 nitrogen and oxygen atoms in total. The fraction of sp³-hybridized carbons (Fsp3) is 0.556. The Labute approximate surface area is 96.3 Å². The lowest BCUT2D eigenvalue weighted by Crippen LogP contribution is -2.23. The summed E-state index contributed by atoms with van der Waals surface area (Å²) in [6, 6.07) is 0. The average molecular weight is 243 g/mol. The number of aliphatic carboxylic acids is 2. The second kappa shape index (κ2) is 5.94. The van der Waals surface area contributed by atoms with E-state index in [-0.39, 0.29) is 25.1 Å². The minimum Gasteiger partial charge on any atom is -0.481 e. The molecule has 0 aliphatic heterocycles. The molecule has 1 atom stereocenters. The highest BCUT2D eigenvalue weighted by Gasteiger charge is 2.25. The maximum absolute atomic E-state index is 10.6. The van der Waals surface area contributed by atoms with Crippen LogP contribution in [0.1, 0.15) is 31.2 Å². The molecule has 1 aromatic heterocycles. The van der Waals surface area contributed by atoms with Crippen molar-refractivity contribution in [2.75, 3.05) is 0 Å². The molecule has 1 aromatic rings. The first kappa shape index (κ1) is 13.1. The Hall–Kier alpha value is -1.96. The van der Waals surface area contributed by atoms with E-state index in [2.05, 4.69) is 15.2 Å². The van der Waals surface area contributed by atoms with Crippen LogP contribution in [0.25, 0.3) is 0 Å². The second-order valence-electron chi connectivity index (χ2n) is 3.55. The number of aliphatic hydroxyl groups is 1. The Morgan fingerprint density at radius 3 is 2.41 bits per heavy atom. The molecule has 0 aromatic carbocycles. The Kier molecular flexibility index (Phi) is 4.58. The topological polar surface area (TPSA) is 136 Å². The van der Waals surface area contributed by atoms with E-state index in [0.717, 1.165) is 0 Å². The smallest absolute Gasteiger partial charge is 0.317 e. The van der Waals surface area contributed by atoms with Crippen molar-refractivity contribution in [1.29, 1.82) is 0 Å². The zero-order valence-electron chi connectivity index (χ0n) is 8.91. The third-order valence-corrected chi connectivity index (χ3v) is 2.32. The van der Waals surface area contributed by atoms with Gasteiger partial charge in [0.2, 0.25) is 0 Å². The molecule has 8 heteroatoms. The van der Waals surface area contributed by atoms with E-state index < -0.39 is 24.0 Å². The van der Waals surface area contributed by atoms with Crippen LogP contribution in [0.2, 0.25) is 0 Å². The van der Waals surface area contributed by atoms with Crippen LogP contribution in [0, 0.1) is 5.92 Å². The Balaban J connectivity index is 2.36. The number of H-pyrrole nitrogens is 1. The number of aromatic nitrogens is 3. The standard InChI is InChI=1S/C9H13N3O5/c13-6(7-10-4-11-12-7)3-1-2-5(8(14)15)9(16)17/h4-6,13H,1-3H2,(H,14,15)(H,16,17)(H,10,11,12).